The molecule has 0 bridgehead atoms. The van der Waals surface area contributed by atoms with Crippen LogP contribution in [0, 0.1) is 5.41 Å². The van der Waals surface area contributed by atoms with Crippen LogP contribution in [0.3, 0.4) is 0 Å². The van der Waals surface area contributed by atoms with Crippen LogP contribution >= 0.6 is 0 Å². The molecule has 0 aromatic heterocycles. The lowest BCUT2D eigenvalue weighted by Crippen LogP contribution is -2.43. The van der Waals surface area contributed by atoms with Gasteiger partial charge >= 0.3 is 0 Å². The third-order valence-electron chi connectivity index (χ3n) is 2.07. The fourth-order valence-electron chi connectivity index (χ4n) is 1.28. The van der Waals surface area contributed by atoms with Gasteiger partial charge in [-0.15, -0.1) is 0 Å². The zero-order chi connectivity index (χ0) is 12.1. The second-order valence-electron chi connectivity index (χ2n) is 5.07. The molecule has 0 fully saturated rings. The maximum absolute atomic E-state index is 9.68. The average Bonchev–Trinajstić information content (AvgIpc) is 2.10. The molecule has 0 radical (unpaired) electrons. The molecule has 0 saturated heterocycles. The fourth-order valence-corrected chi connectivity index (χ4v) is 1.28. The van der Waals surface area contributed by atoms with Crippen LogP contribution in [-0.4, -0.2) is 34.8 Å². The molecule has 0 spiro atoms. The summed E-state index contributed by atoms with van der Waals surface area (Å²) in [5.74, 6) is 0.123. The minimum atomic E-state index is -0.418. The number of aliphatic hydroxyl groups excluding tert-OH is 1. The first-order chi connectivity index (χ1) is 6.76. The lowest BCUT2D eigenvalue weighted by Gasteiger charge is -2.23. The van der Waals surface area contributed by atoms with Gasteiger partial charge in [-0.2, -0.15) is 0 Å². The van der Waals surface area contributed by atoms with Gasteiger partial charge in [-0.1, -0.05) is 25.9 Å². The Morgan fingerprint density at radius 2 is 2.00 bits per heavy atom. The van der Waals surface area contributed by atoms with Gasteiger partial charge in [0.25, 0.3) is 0 Å². The molecule has 0 rings (SSSR count). The van der Waals surface area contributed by atoms with Crippen molar-refractivity contribution in [1.29, 1.82) is 0 Å². The second-order valence-corrected chi connectivity index (χ2v) is 5.07. The van der Waals surface area contributed by atoms with Crippen molar-refractivity contribution in [2.45, 2.75) is 46.3 Å². The molecule has 0 heterocycles. The van der Waals surface area contributed by atoms with Gasteiger partial charge in [-0.05, 0) is 18.8 Å². The number of nitrogens with one attached hydrogen (secondary N) is 1. The van der Waals surface area contributed by atoms with Gasteiger partial charge in [0.1, 0.15) is 0 Å². The number of hydrogen-bond acceptors (Lipinski definition) is 4. The lowest BCUT2D eigenvalue weighted by atomic mass is 9.89. The van der Waals surface area contributed by atoms with Crippen molar-refractivity contribution in [3.63, 3.8) is 0 Å². The molecule has 5 heteroatoms. The van der Waals surface area contributed by atoms with Gasteiger partial charge in [0.15, 0.2) is 5.84 Å². The Morgan fingerprint density at radius 1 is 1.47 bits per heavy atom. The van der Waals surface area contributed by atoms with Gasteiger partial charge in [0.2, 0.25) is 0 Å². The third kappa shape index (κ3) is 7.16. The number of hydrogen-bond donors (Lipinski definition) is 4. The van der Waals surface area contributed by atoms with E-state index in [1.54, 1.807) is 6.92 Å². The van der Waals surface area contributed by atoms with E-state index < -0.39 is 6.10 Å². The van der Waals surface area contributed by atoms with Crippen LogP contribution in [0.4, 0.5) is 0 Å². The van der Waals surface area contributed by atoms with Crippen molar-refractivity contribution in [3.05, 3.63) is 0 Å². The summed E-state index contributed by atoms with van der Waals surface area (Å²) in [5.41, 5.74) is 5.48. The van der Waals surface area contributed by atoms with E-state index in [9.17, 15) is 5.11 Å². The normalized spacial score (nSPS) is 17.5. The van der Waals surface area contributed by atoms with Crippen molar-refractivity contribution < 1.29 is 10.3 Å². The highest BCUT2D eigenvalue weighted by molar-refractivity contribution is 5.84. The molecule has 2 unspecified atom stereocenters. The monoisotopic (exact) mass is 217 g/mol. The molecular formula is C10H23N3O2. The molecule has 0 aromatic rings. The van der Waals surface area contributed by atoms with Crippen molar-refractivity contribution in [2.24, 2.45) is 16.3 Å². The predicted molar refractivity (Wildman–Crippen MR) is 61.0 cm³/mol. The minimum absolute atomic E-state index is 0.0982. The van der Waals surface area contributed by atoms with Crippen LogP contribution in [0.5, 0.6) is 0 Å². The highest BCUT2D eigenvalue weighted by Gasteiger charge is 2.17. The molecule has 0 aliphatic carbocycles. The smallest absolute Gasteiger partial charge is 0.156 e. The van der Waals surface area contributed by atoms with E-state index in [2.05, 4.69) is 31.2 Å². The quantitative estimate of drug-likeness (QED) is 0.234. The van der Waals surface area contributed by atoms with Gasteiger partial charge in [-0.25, -0.2) is 0 Å². The summed E-state index contributed by atoms with van der Waals surface area (Å²) in [5, 5.41) is 24.0. The Labute approximate surface area is 91.4 Å². The second kappa shape index (κ2) is 5.92. The van der Waals surface area contributed by atoms with Gasteiger partial charge in [0, 0.05) is 6.54 Å². The topological polar surface area (TPSA) is 90.9 Å². The molecule has 2 atom stereocenters. The number of oxime groups is 1. The first kappa shape index (κ1) is 14.2. The molecular weight excluding hydrogens is 194 g/mol. The number of rotatable bonds is 5. The standard InChI is InChI=1S/C10H23N3O2/c1-7(9(11)13-15)12-6-8(14)5-10(2,3)4/h7-8,12,14-15H,5-6H2,1-4H3,(H2,11,13). The molecule has 0 aliphatic heterocycles. The highest BCUT2D eigenvalue weighted by Crippen LogP contribution is 2.20. The van der Waals surface area contributed by atoms with Gasteiger partial charge in [-0.3, -0.25) is 0 Å². The van der Waals surface area contributed by atoms with Crippen LogP contribution in [0.1, 0.15) is 34.1 Å². The number of amidine groups is 1. The van der Waals surface area contributed by atoms with Crippen molar-refractivity contribution in [3.8, 4) is 0 Å². The summed E-state index contributed by atoms with van der Waals surface area (Å²) in [6, 6.07) is -0.232. The van der Waals surface area contributed by atoms with E-state index in [1.165, 1.54) is 0 Å². The number of aliphatic hydroxyl groups is 1. The summed E-state index contributed by atoms with van der Waals surface area (Å²) in [7, 11) is 0. The van der Waals surface area contributed by atoms with Crippen molar-refractivity contribution >= 4 is 5.84 Å². The average molecular weight is 217 g/mol. The van der Waals surface area contributed by atoms with Gasteiger partial charge < -0.3 is 21.4 Å². The first-order valence-electron chi connectivity index (χ1n) is 5.15. The SMILES string of the molecule is CC(NCC(O)CC(C)(C)C)C(N)=NO. The maximum Gasteiger partial charge on any atom is 0.156 e. The third-order valence-corrected chi connectivity index (χ3v) is 2.07. The largest absolute Gasteiger partial charge is 0.409 e. The van der Waals surface area contributed by atoms with E-state index in [4.69, 9.17) is 10.9 Å². The Bertz CT molecular complexity index is 211. The Morgan fingerprint density at radius 3 is 2.40 bits per heavy atom. The van der Waals surface area contributed by atoms with E-state index in [1.807, 2.05) is 0 Å². The van der Waals surface area contributed by atoms with Crippen LogP contribution in [0.25, 0.3) is 0 Å². The fraction of sp³-hybridized carbons (Fsp3) is 0.900. The summed E-state index contributed by atoms with van der Waals surface area (Å²) < 4.78 is 0. The zero-order valence-electron chi connectivity index (χ0n) is 9.99. The summed E-state index contributed by atoms with van der Waals surface area (Å²) in [6.45, 7) is 8.43. The Balaban J connectivity index is 3.86. The minimum Gasteiger partial charge on any atom is -0.409 e. The lowest BCUT2D eigenvalue weighted by molar-refractivity contribution is 0.119. The van der Waals surface area contributed by atoms with Crippen LogP contribution in [-0.2, 0) is 0 Å². The molecule has 0 amide bonds. The summed E-state index contributed by atoms with van der Waals surface area (Å²) in [4.78, 5) is 0. The Kier molecular flexibility index (Phi) is 5.60. The number of nitrogens with zero attached hydrogens (tertiary/aromatic N) is 1. The van der Waals surface area contributed by atoms with Crippen molar-refractivity contribution in [1.82, 2.24) is 5.32 Å². The molecule has 0 saturated carbocycles. The van der Waals surface area contributed by atoms with Crippen LogP contribution in [0.2, 0.25) is 0 Å². The summed E-state index contributed by atoms with van der Waals surface area (Å²) in [6.07, 6.45) is 0.294. The number of nitrogens with two attached hydrogens (primary N) is 1. The van der Waals surface area contributed by atoms with E-state index >= 15 is 0 Å². The van der Waals surface area contributed by atoms with E-state index in [-0.39, 0.29) is 17.3 Å². The highest BCUT2D eigenvalue weighted by atomic mass is 16.4. The molecule has 15 heavy (non-hydrogen) atoms. The Hall–Kier alpha value is -0.810. The maximum atomic E-state index is 9.68. The molecule has 5 N–H and O–H groups in total. The molecule has 0 aliphatic rings. The predicted octanol–water partition coefficient (Wildman–Crippen LogP) is 0.508. The van der Waals surface area contributed by atoms with E-state index in [0.717, 1.165) is 0 Å². The first-order valence-corrected chi connectivity index (χ1v) is 5.15. The molecule has 5 nitrogen and oxygen atoms in total. The van der Waals surface area contributed by atoms with Crippen LogP contribution in [0.15, 0.2) is 5.16 Å². The zero-order valence-corrected chi connectivity index (χ0v) is 9.99. The van der Waals surface area contributed by atoms with Gasteiger partial charge in [0.05, 0.1) is 12.1 Å². The van der Waals surface area contributed by atoms with Crippen molar-refractivity contribution in [2.75, 3.05) is 6.54 Å². The van der Waals surface area contributed by atoms with Crippen LogP contribution < -0.4 is 11.1 Å². The van der Waals surface area contributed by atoms with E-state index in [0.29, 0.717) is 13.0 Å². The molecule has 0 aromatic carbocycles. The summed E-state index contributed by atoms with van der Waals surface area (Å²) >= 11 is 0. The molecule has 90 valence electrons.